The maximum absolute atomic E-state index is 12.1. The van der Waals surface area contributed by atoms with Crippen LogP contribution in [-0.2, 0) is 14.3 Å². The fourth-order valence-electron chi connectivity index (χ4n) is 2.14. The smallest absolute Gasteiger partial charge is 0.337 e. The van der Waals surface area contributed by atoms with Crippen molar-refractivity contribution in [3.05, 3.63) is 57.6 Å². The molecule has 6 nitrogen and oxygen atoms in total. The number of hydrogen-bond donors (Lipinski definition) is 2. The largest absolute Gasteiger partial charge is 0.465 e. The van der Waals surface area contributed by atoms with Gasteiger partial charge >= 0.3 is 5.97 Å². The van der Waals surface area contributed by atoms with E-state index in [4.69, 9.17) is 23.2 Å². The van der Waals surface area contributed by atoms with Gasteiger partial charge in [-0.15, -0.1) is 0 Å². The first-order chi connectivity index (χ1) is 12.3. The van der Waals surface area contributed by atoms with Crippen molar-refractivity contribution in [3.8, 4) is 0 Å². The number of ether oxygens (including phenoxy) is 1. The molecule has 2 N–H and O–H groups in total. The number of nitrogens with one attached hydrogen (secondary N) is 2. The second-order valence-electron chi connectivity index (χ2n) is 5.37. The summed E-state index contributed by atoms with van der Waals surface area (Å²) >= 11 is 12.0. The van der Waals surface area contributed by atoms with Crippen molar-refractivity contribution in [1.29, 1.82) is 0 Å². The third-order valence-corrected chi connectivity index (χ3v) is 4.26. The van der Waals surface area contributed by atoms with E-state index in [2.05, 4.69) is 15.4 Å². The third kappa shape index (κ3) is 4.97. The van der Waals surface area contributed by atoms with Gasteiger partial charge in [-0.05, 0) is 42.8 Å². The summed E-state index contributed by atoms with van der Waals surface area (Å²) in [6.07, 6.45) is -0.426. The van der Waals surface area contributed by atoms with E-state index in [1.165, 1.54) is 25.3 Å². The van der Waals surface area contributed by atoms with Gasteiger partial charge in [0.1, 0.15) is 6.42 Å². The SMILES string of the molecule is COC(=O)c1ccc(Cl)c(NC(=O)CC(=O)Nc2cccc(Cl)c2C)c1. The molecule has 0 aliphatic heterocycles. The summed E-state index contributed by atoms with van der Waals surface area (Å²) in [6.45, 7) is 1.76. The summed E-state index contributed by atoms with van der Waals surface area (Å²) in [5.41, 5.74) is 1.68. The summed E-state index contributed by atoms with van der Waals surface area (Å²) in [5.74, 6) is -1.65. The zero-order valence-electron chi connectivity index (χ0n) is 14.1. The number of anilines is 2. The van der Waals surface area contributed by atoms with Gasteiger partial charge in [0.15, 0.2) is 0 Å². The summed E-state index contributed by atoms with van der Waals surface area (Å²) in [7, 11) is 1.25. The molecule has 0 spiro atoms. The van der Waals surface area contributed by atoms with Crippen molar-refractivity contribution in [1.82, 2.24) is 0 Å². The molecule has 0 atom stereocenters. The Hall–Kier alpha value is -2.57. The molecular weight excluding hydrogens is 379 g/mol. The summed E-state index contributed by atoms with van der Waals surface area (Å²) in [6, 6.07) is 9.40. The molecule has 0 aliphatic carbocycles. The number of carbonyl (C=O) groups excluding carboxylic acids is 3. The van der Waals surface area contributed by atoms with Gasteiger partial charge in [0.25, 0.3) is 0 Å². The van der Waals surface area contributed by atoms with E-state index in [1.54, 1.807) is 25.1 Å². The highest BCUT2D eigenvalue weighted by molar-refractivity contribution is 6.34. The maximum atomic E-state index is 12.1. The minimum absolute atomic E-state index is 0.214. The van der Waals surface area contributed by atoms with Gasteiger partial charge in [-0.2, -0.15) is 0 Å². The highest BCUT2D eigenvalue weighted by Gasteiger charge is 2.15. The second kappa shape index (κ2) is 8.69. The Morgan fingerprint density at radius 3 is 2.27 bits per heavy atom. The number of halogens is 2. The van der Waals surface area contributed by atoms with E-state index in [0.29, 0.717) is 16.3 Å². The lowest BCUT2D eigenvalue weighted by molar-refractivity contribution is -0.123. The Bertz CT molecular complexity index is 868. The fraction of sp³-hybridized carbons (Fsp3) is 0.167. The zero-order valence-corrected chi connectivity index (χ0v) is 15.6. The van der Waals surface area contributed by atoms with Crippen LogP contribution in [0.15, 0.2) is 36.4 Å². The molecule has 0 bridgehead atoms. The molecule has 0 radical (unpaired) electrons. The molecule has 2 aromatic rings. The first kappa shape index (κ1) is 19.8. The van der Waals surface area contributed by atoms with Crippen LogP contribution in [0.25, 0.3) is 0 Å². The normalized spacial score (nSPS) is 10.2. The molecule has 0 unspecified atom stereocenters. The predicted octanol–water partition coefficient (Wildman–Crippen LogP) is 4.06. The number of benzene rings is 2. The van der Waals surface area contributed by atoms with Gasteiger partial charge in [-0.1, -0.05) is 29.3 Å². The number of hydrogen-bond acceptors (Lipinski definition) is 4. The standard InChI is InChI=1S/C18H16Cl2N2O4/c1-10-12(19)4-3-5-14(10)21-16(23)9-17(24)22-15-8-11(18(25)26-2)6-7-13(15)20/h3-8H,9H2,1-2H3,(H,21,23)(H,22,24). The lowest BCUT2D eigenvalue weighted by Gasteiger charge is -2.11. The average Bonchev–Trinajstić information content (AvgIpc) is 2.60. The zero-order chi connectivity index (χ0) is 19.3. The van der Waals surface area contributed by atoms with Crippen LogP contribution in [0.3, 0.4) is 0 Å². The van der Waals surface area contributed by atoms with Crippen LogP contribution in [0.4, 0.5) is 11.4 Å². The molecule has 2 aromatic carbocycles. The van der Waals surface area contributed by atoms with Crippen LogP contribution in [0.5, 0.6) is 0 Å². The molecule has 2 rings (SSSR count). The van der Waals surface area contributed by atoms with Crippen LogP contribution in [0.2, 0.25) is 10.0 Å². The minimum Gasteiger partial charge on any atom is -0.465 e. The van der Waals surface area contributed by atoms with E-state index in [-0.39, 0.29) is 16.3 Å². The molecule has 0 saturated heterocycles. The summed E-state index contributed by atoms with van der Waals surface area (Å²) in [5, 5.41) is 5.88. The van der Waals surface area contributed by atoms with Crippen molar-refractivity contribution in [2.45, 2.75) is 13.3 Å². The van der Waals surface area contributed by atoms with Gasteiger partial charge in [0, 0.05) is 10.7 Å². The predicted molar refractivity (Wildman–Crippen MR) is 101 cm³/mol. The quantitative estimate of drug-likeness (QED) is 0.591. The van der Waals surface area contributed by atoms with E-state index in [9.17, 15) is 14.4 Å². The Morgan fingerprint density at radius 2 is 1.62 bits per heavy atom. The molecule has 2 amide bonds. The Labute approximate surface area is 160 Å². The van der Waals surface area contributed by atoms with Gasteiger partial charge in [0.05, 0.1) is 23.4 Å². The molecule has 0 aliphatic rings. The Balaban J connectivity index is 2.03. The van der Waals surface area contributed by atoms with Crippen LogP contribution >= 0.6 is 23.2 Å². The van der Waals surface area contributed by atoms with E-state index in [0.717, 1.165) is 0 Å². The number of esters is 1. The first-order valence-electron chi connectivity index (χ1n) is 7.54. The average molecular weight is 395 g/mol. The van der Waals surface area contributed by atoms with Crippen LogP contribution in [0.1, 0.15) is 22.3 Å². The Kier molecular flexibility index (Phi) is 6.60. The van der Waals surface area contributed by atoms with Crippen molar-refractivity contribution in [2.24, 2.45) is 0 Å². The van der Waals surface area contributed by atoms with Gasteiger partial charge in [-0.25, -0.2) is 4.79 Å². The highest BCUT2D eigenvalue weighted by Crippen LogP contribution is 2.25. The topological polar surface area (TPSA) is 84.5 Å². The number of carbonyl (C=O) groups is 3. The van der Waals surface area contributed by atoms with Gasteiger partial charge < -0.3 is 15.4 Å². The highest BCUT2D eigenvalue weighted by atomic mass is 35.5. The molecular formula is C18H16Cl2N2O4. The van der Waals surface area contributed by atoms with Crippen LogP contribution < -0.4 is 10.6 Å². The molecule has 0 fully saturated rings. The Morgan fingerprint density at radius 1 is 0.962 bits per heavy atom. The molecule has 0 aromatic heterocycles. The lowest BCUT2D eigenvalue weighted by atomic mass is 10.2. The number of rotatable bonds is 5. The van der Waals surface area contributed by atoms with Crippen LogP contribution in [-0.4, -0.2) is 24.9 Å². The summed E-state index contributed by atoms with van der Waals surface area (Å²) < 4.78 is 4.62. The van der Waals surface area contributed by atoms with E-state index >= 15 is 0 Å². The molecule has 0 heterocycles. The van der Waals surface area contributed by atoms with Crippen molar-refractivity contribution >= 4 is 52.4 Å². The van der Waals surface area contributed by atoms with Gasteiger partial charge in [-0.3, -0.25) is 9.59 Å². The van der Waals surface area contributed by atoms with E-state index in [1.807, 2.05) is 0 Å². The third-order valence-electron chi connectivity index (χ3n) is 3.52. The first-order valence-corrected chi connectivity index (χ1v) is 8.30. The van der Waals surface area contributed by atoms with Crippen molar-refractivity contribution < 1.29 is 19.1 Å². The van der Waals surface area contributed by atoms with E-state index < -0.39 is 24.2 Å². The maximum Gasteiger partial charge on any atom is 0.337 e. The van der Waals surface area contributed by atoms with Crippen molar-refractivity contribution in [3.63, 3.8) is 0 Å². The second-order valence-corrected chi connectivity index (χ2v) is 6.19. The lowest BCUT2D eigenvalue weighted by Crippen LogP contribution is -2.22. The fourth-order valence-corrected chi connectivity index (χ4v) is 2.48. The molecule has 136 valence electrons. The molecule has 8 heteroatoms. The molecule has 0 saturated carbocycles. The monoisotopic (exact) mass is 394 g/mol. The van der Waals surface area contributed by atoms with Crippen LogP contribution in [0, 0.1) is 6.92 Å². The number of methoxy groups -OCH3 is 1. The number of amides is 2. The van der Waals surface area contributed by atoms with Gasteiger partial charge in [0.2, 0.25) is 11.8 Å². The minimum atomic E-state index is -0.578. The summed E-state index contributed by atoms with van der Waals surface area (Å²) in [4.78, 5) is 35.7. The van der Waals surface area contributed by atoms with Crippen molar-refractivity contribution in [2.75, 3.05) is 17.7 Å². The molecule has 26 heavy (non-hydrogen) atoms.